The van der Waals surface area contributed by atoms with Gasteiger partial charge in [-0.2, -0.15) is 0 Å². The Morgan fingerprint density at radius 3 is 2.80 bits per heavy atom. The van der Waals surface area contributed by atoms with Crippen LogP contribution in [0.15, 0.2) is 0 Å². The number of hydrogen-bond acceptors (Lipinski definition) is 3. The quantitative estimate of drug-likeness (QED) is 0.670. The molecule has 1 N–H and O–H groups in total. The van der Waals surface area contributed by atoms with Crippen molar-refractivity contribution in [1.82, 2.24) is 10.2 Å². The number of hydrogen-bond donors (Lipinski definition) is 1. The Hall–Kier alpha value is -0.120. The van der Waals surface area contributed by atoms with Crippen LogP contribution in [0.3, 0.4) is 0 Å². The van der Waals surface area contributed by atoms with Crippen molar-refractivity contribution >= 4 is 0 Å². The Morgan fingerprint density at radius 1 is 1.20 bits per heavy atom. The summed E-state index contributed by atoms with van der Waals surface area (Å²) in [6.07, 6.45) is 7.09. The van der Waals surface area contributed by atoms with Gasteiger partial charge in [-0.25, -0.2) is 0 Å². The lowest BCUT2D eigenvalue weighted by Gasteiger charge is -2.15. The molecule has 88 valence electrons. The predicted molar refractivity (Wildman–Crippen MR) is 62.1 cm³/mol. The molecule has 3 nitrogen and oxygen atoms in total. The summed E-state index contributed by atoms with van der Waals surface area (Å²) in [4.78, 5) is 2.58. The zero-order valence-electron chi connectivity index (χ0n) is 9.71. The molecular weight excluding hydrogens is 188 g/mol. The first kappa shape index (κ1) is 11.4. The van der Waals surface area contributed by atoms with Gasteiger partial charge >= 0.3 is 0 Å². The zero-order valence-corrected chi connectivity index (χ0v) is 9.71. The molecule has 3 heteroatoms. The van der Waals surface area contributed by atoms with Gasteiger partial charge in [0.2, 0.25) is 0 Å². The van der Waals surface area contributed by atoms with Crippen molar-refractivity contribution in [3.05, 3.63) is 0 Å². The van der Waals surface area contributed by atoms with E-state index in [9.17, 15) is 0 Å². The molecule has 2 rings (SSSR count). The van der Waals surface area contributed by atoms with Crippen LogP contribution in [0.4, 0.5) is 0 Å². The normalized spacial score (nSPS) is 27.6. The van der Waals surface area contributed by atoms with E-state index in [0.717, 1.165) is 19.7 Å². The number of likely N-dealkylation sites (tertiary alicyclic amines) is 1. The molecule has 2 fully saturated rings. The van der Waals surface area contributed by atoms with E-state index in [4.69, 9.17) is 4.74 Å². The van der Waals surface area contributed by atoms with Crippen molar-refractivity contribution in [2.45, 2.75) is 38.2 Å². The number of nitrogens with one attached hydrogen (secondary N) is 1. The lowest BCUT2D eigenvalue weighted by Crippen LogP contribution is -2.29. The van der Waals surface area contributed by atoms with E-state index in [1.54, 1.807) is 0 Å². The molecule has 0 radical (unpaired) electrons. The average Bonchev–Trinajstić information content (AvgIpc) is 2.88. The maximum Gasteiger partial charge on any atom is 0.0700 e. The van der Waals surface area contributed by atoms with E-state index < -0.39 is 0 Å². The second-order valence-corrected chi connectivity index (χ2v) is 4.74. The molecule has 0 saturated carbocycles. The fourth-order valence-corrected chi connectivity index (χ4v) is 2.50. The number of rotatable bonds is 6. The molecule has 0 aromatic carbocycles. The first-order valence-corrected chi connectivity index (χ1v) is 6.50. The maximum atomic E-state index is 5.56. The second kappa shape index (κ2) is 6.46. The standard InChI is InChI=1S/C12H24N2O/c1-2-8-14(7-1)9-4-6-13-11-12-5-3-10-15-12/h12-13H,1-11H2. The van der Waals surface area contributed by atoms with Crippen LogP contribution in [0, 0.1) is 0 Å². The van der Waals surface area contributed by atoms with Crippen LogP contribution in [0.25, 0.3) is 0 Å². The van der Waals surface area contributed by atoms with Crippen molar-refractivity contribution in [2.75, 3.05) is 39.3 Å². The second-order valence-electron chi connectivity index (χ2n) is 4.74. The smallest absolute Gasteiger partial charge is 0.0700 e. The molecule has 1 atom stereocenters. The van der Waals surface area contributed by atoms with Crippen LogP contribution < -0.4 is 5.32 Å². The van der Waals surface area contributed by atoms with Gasteiger partial charge in [0.15, 0.2) is 0 Å². The molecule has 0 bridgehead atoms. The van der Waals surface area contributed by atoms with Gasteiger partial charge < -0.3 is 15.0 Å². The van der Waals surface area contributed by atoms with Crippen LogP contribution in [0.1, 0.15) is 32.1 Å². The molecule has 15 heavy (non-hydrogen) atoms. The minimum atomic E-state index is 0.497. The van der Waals surface area contributed by atoms with E-state index in [-0.39, 0.29) is 0 Å². The van der Waals surface area contributed by atoms with E-state index in [1.807, 2.05) is 0 Å². The molecule has 1 unspecified atom stereocenters. The van der Waals surface area contributed by atoms with Crippen LogP contribution in [0.2, 0.25) is 0 Å². The summed E-state index contributed by atoms with van der Waals surface area (Å²) in [5.41, 5.74) is 0. The third kappa shape index (κ3) is 4.09. The fourth-order valence-electron chi connectivity index (χ4n) is 2.50. The Balaban J connectivity index is 1.41. The molecule has 2 heterocycles. The summed E-state index contributed by atoms with van der Waals surface area (Å²) in [6.45, 7) is 7.10. The van der Waals surface area contributed by atoms with Crippen molar-refractivity contribution in [2.24, 2.45) is 0 Å². The highest BCUT2D eigenvalue weighted by molar-refractivity contribution is 4.69. The highest BCUT2D eigenvalue weighted by Gasteiger charge is 2.14. The van der Waals surface area contributed by atoms with Crippen molar-refractivity contribution < 1.29 is 4.74 Å². The van der Waals surface area contributed by atoms with Crippen LogP contribution in [-0.4, -0.2) is 50.3 Å². The largest absolute Gasteiger partial charge is 0.377 e. The molecule has 0 aromatic heterocycles. The third-order valence-corrected chi connectivity index (χ3v) is 3.42. The van der Waals surface area contributed by atoms with Gasteiger partial charge in [-0.3, -0.25) is 0 Å². The SMILES string of the molecule is C1COC(CNCCCN2CCCC2)C1. The third-order valence-electron chi connectivity index (χ3n) is 3.42. The van der Waals surface area contributed by atoms with Crippen molar-refractivity contribution in [3.63, 3.8) is 0 Å². The molecule has 0 aromatic rings. The first-order valence-electron chi connectivity index (χ1n) is 6.50. The van der Waals surface area contributed by atoms with E-state index in [2.05, 4.69) is 10.2 Å². The van der Waals surface area contributed by atoms with Gasteiger partial charge in [0.25, 0.3) is 0 Å². The van der Waals surface area contributed by atoms with Gasteiger partial charge in [-0.1, -0.05) is 0 Å². The topological polar surface area (TPSA) is 24.5 Å². The molecule has 2 aliphatic rings. The zero-order chi connectivity index (χ0) is 10.3. The monoisotopic (exact) mass is 212 g/mol. The van der Waals surface area contributed by atoms with Crippen LogP contribution in [0.5, 0.6) is 0 Å². The Morgan fingerprint density at radius 2 is 2.07 bits per heavy atom. The van der Waals surface area contributed by atoms with Gasteiger partial charge in [0, 0.05) is 13.2 Å². The van der Waals surface area contributed by atoms with E-state index >= 15 is 0 Å². The molecular formula is C12H24N2O. The van der Waals surface area contributed by atoms with Crippen LogP contribution in [-0.2, 0) is 4.74 Å². The van der Waals surface area contributed by atoms with Gasteiger partial charge in [-0.05, 0) is 58.3 Å². The Labute approximate surface area is 93.2 Å². The summed E-state index contributed by atoms with van der Waals surface area (Å²) in [6, 6.07) is 0. The predicted octanol–water partition coefficient (Wildman–Crippen LogP) is 1.24. The number of nitrogens with zero attached hydrogens (tertiary/aromatic N) is 1. The lowest BCUT2D eigenvalue weighted by atomic mass is 10.2. The lowest BCUT2D eigenvalue weighted by molar-refractivity contribution is 0.110. The summed E-state index contributed by atoms with van der Waals surface area (Å²) in [7, 11) is 0. The number of ether oxygens (including phenoxy) is 1. The first-order chi connectivity index (χ1) is 7.45. The minimum Gasteiger partial charge on any atom is -0.377 e. The molecule has 0 aliphatic carbocycles. The van der Waals surface area contributed by atoms with Crippen LogP contribution >= 0.6 is 0 Å². The summed E-state index contributed by atoms with van der Waals surface area (Å²) >= 11 is 0. The summed E-state index contributed by atoms with van der Waals surface area (Å²) < 4.78 is 5.56. The fraction of sp³-hybridized carbons (Fsp3) is 1.00. The minimum absolute atomic E-state index is 0.497. The summed E-state index contributed by atoms with van der Waals surface area (Å²) in [5, 5.41) is 3.50. The Bertz CT molecular complexity index is 145. The van der Waals surface area contributed by atoms with E-state index in [0.29, 0.717) is 6.10 Å². The van der Waals surface area contributed by atoms with E-state index in [1.165, 1.54) is 51.7 Å². The molecule has 2 saturated heterocycles. The summed E-state index contributed by atoms with van der Waals surface area (Å²) in [5.74, 6) is 0. The molecule has 2 aliphatic heterocycles. The highest BCUT2D eigenvalue weighted by Crippen LogP contribution is 2.10. The van der Waals surface area contributed by atoms with Gasteiger partial charge in [0.1, 0.15) is 0 Å². The molecule has 0 amide bonds. The van der Waals surface area contributed by atoms with Gasteiger partial charge in [-0.15, -0.1) is 0 Å². The van der Waals surface area contributed by atoms with Gasteiger partial charge in [0.05, 0.1) is 6.10 Å². The highest BCUT2D eigenvalue weighted by atomic mass is 16.5. The average molecular weight is 212 g/mol. The maximum absolute atomic E-state index is 5.56. The van der Waals surface area contributed by atoms with Crippen molar-refractivity contribution in [3.8, 4) is 0 Å². The molecule has 0 spiro atoms. The Kier molecular flexibility index (Phi) is 4.90. The van der Waals surface area contributed by atoms with Crippen molar-refractivity contribution in [1.29, 1.82) is 0 Å².